The van der Waals surface area contributed by atoms with E-state index < -0.39 is 5.97 Å². The summed E-state index contributed by atoms with van der Waals surface area (Å²) in [6, 6.07) is 8.86. The summed E-state index contributed by atoms with van der Waals surface area (Å²) >= 11 is 5.07. The molecule has 7 nitrogen and oxygen atoms in total. The molecule has 1 aromatic carbocycles. The van der Waals surface area contributed by atoms with Gasteiger partial charge in [-0.15, -0.1) is 18.2 Å². The number of aliphatic carboxylic acids is 1. The van der Waals surface area contributed by atoms with Crippen molar-refractivity contribution in [3.8, 4) is 11.4 Å². The second-order valence-electron chi connectivity index (χ2n) is 8.63. The van der Waals surface area contributed by atoms with Gasteiger partial charge >= 0.3 is 5.97 Å². The number of halogens is 1. The fraction of sp³-hybridized carbons (Fsp3) is 0.481. The number of aromatic nitrogens is 3. The molecule has 1 fully saturated rings. The van der Waals surface area contributed by atoms with Crippen molar-refractivity contribution >= 4 is 28.5 Å². The van der Waals surface area contributed by atoms with Crippen molar-refractivity contribution < 1.29 is 9.90 Å². The highest BCUT2D eigenvalue weighted by Gasteiger charge is 2.22. The maximum atomic E-state index is 10.9. The summed E-state index contributed by atoms with van der Waals surface area (Å²) in [5, 5.41) is 17.7. The first-order valence-corrected chi connectivity index (χ1v) is 12.8. The Labute approximate surface area is 214 Å². The van der Waals surface area contributed by atoms with Crippen molar-refractivity contribution in [2.45, 2.75) is 53.6 Å². The van der Waals surface area contributed by atoms with Gasteiger partial charge in [0, 0.05) is 61.2 Å². The first kappa shape index (κ1) is 28.6. The number of hydrogen-bond acceptors (Lipinski definition) is 4. The lowest BCUT2D eigenvalue weighted by molar-refractivity contribution is -0.138. The Hall–Kier alpha value is -2.61. The maximum Gasteiger partial charge on any atom is 0.304 e. The number of carboxylic acid groups (broad SMARTS) is 1. The topological polar surface area (TPSA) is 88.2 Å². The van der Waals surface area contributed by atoms with Crippen LogP contribution in [0.3, 0.4) is 0 Å². The van der Waals surface area contributed by atoms with Gasteiger partial charge < -0.3 is 10.1 Å². The summed E-state index contributed by atoms with van der Waals surface area (Å²) in [7, 11) is 0. The molecule has 192 valence electrons. The number of nitrogens with zero attached hydrogens (tertiary/aromatic N) is 3. The molecule has 1 atom stereocenters. The lowest BCUT2D eigenvalue weighted by atomic mass is 10.1. The molecular weight excluding hydrogens is 462 g/mol. The van der Waals surface area contributed by atoms with Crippen molar-refractivity contribution in [1.29, 1.82) is 0 Å². The molecule has 1 unspecified atom stereocenters. The number of nitrogens with one attached hydrogen (secondary N) is 2. The summed E-state index contributed by atoms with van der Waals surface area (Å²) in [4.78, 5) is 19.1. The van der Waals surface area contributed by atoms with Gasteiger partial charge in [0.2, 0.25) is 0 Å². The van der Waals surface area contributed by atoms with Crippen LogP contribution in [-0.2, 0) is 11.3 Å². The molecule has 2 aromatic heterocycles. The zero-order chi connectivity index (χ0) is 26.0. The van der Waals surface area contributed by atoms with Gasteiger partial charge in [0.1, 0.15) is 5.69 Å². The third-order valence-corrected chi connectivity index (χ3v) is 6.43. The van der Waals surface area contributed by atoms with Gasteiger partial charge in [-0.25, -0.2) is 0 Å². The third-order valence-electron chi connectivity index (χ3n) is 6.21. The Morgan fingerprint density at radius 3 is 2.43 bits per heavy atom. The van der Waals surface area contributed by atoms with Crippen molar-refractivity contribution in [2.75, 3.05) is 32.1 Å². The van der Waals surface area contributed by atoms with Crippen LogP contribution in [0.15, 0.2) is 36.9 Å². The molecule has 4 rings (SSSR count). The number of benzene rings is 1. The van der Waals surface area contributed by atoms with E-state index in [1.807, 2.05) is 27.7 Å². The SMILES string of the molecule is C=CCCl.CC.Cc1[nH]nc(-c2cc3cc(CN4CCN(C(C)CC(=O)O)CC4)ccc3[nH]2)c1C. The zero-order valence-corrected chi connectivity index (χ0v) is 22.5. The molecule has 0 amide bonds. The molecule has 3 N–H and O–H groups in total. The van der Waals surface area contributed by atoms with E-state index in [-0.39, 0.29) is 12.5 Å². The molecule has 8 heteroatoms. The molecule has 1 saturated heterocycles. The third kappa shape index (κ3) is 7.95. The van der Waals surface area contributed by atoms with E-state index in [9.17, 15) is 4.79 Å². The Kier molecular flexibility index (Phi) is 11.5. The second-order valence-corrected chi connectivity index (χ2v) is 8.94. The van der Waals surface area contributed by atoms with Gasteiger partial charge in [-0.1, -0.05) is 26.0 Å². The minimum atomic E-state index is -0.723. The van der Waals surface area contributed by atoms with Crippen LogP contribution >= 0.6 is 11.6 Å². The number of piperazine rings is 1. The maximum absolute atomic E-state index is 10.9. The number of carbonyl (C=O) groups is 1. The average molecular weight is 502 g/mol. The number of aromatic amines is 2. The van der Waals surface area contributed by atoms with Crippen molar-refractivity contribution in [3.63, 3.8) is 0 Å². The molecule has 1 aliphatic heterocycles. The van der Waals surface area contributed by atoms with E-state index >= 15 is 0 Å². The summed E-state index contributed by atoms with van der Waals surface area (Å²) in [6.07, 6.45) is 1.85. The van der Waals surface area contributed by atoms with Gasteiger partial charge in [-0.2, -0.15) is 5.10 Å². The number of aryl methyl sites for hydroxylation is 1. The Morgan fingerprint density at radius 1 is 1.23 bits per heavy atom. The summed E-state index contributed by atoms with van der Waals surface area (Å²) in [6.45, 7) is 18.2. The molecule has 0 radical (unpaired) electrons. The minimum absolute atomic E-state index is 0.0958. The van der Waals surface area contributed by atoms with Crippen molar-refractivity contribution in [3.05, 3.63) is 53.7 Å². The first-order chi connectivity index (χ1) is 16.8. The normalized spacial score (nSPS) is 15.0. The summed E-state index contributed by atoms with van der Waals surface area (Å²) < 4.78 is 0. The summed E-state index contributed by atoms with van der Waals surface area (Å²) in [5.74, 6) is -0.167. The Morgan fingerprint density at radius 2 is 1.89 bits per heavy atom. The molecule has 0 saturated carbocycles. The van der Waals surface area contributed by atoms with Crippen LogP contribution in [0.5, 0.6) is 0 Å². The number of rotatable bonds is 7. The van der Waals surface area contributed by atoms with Crippen LogP contribution < -0.4 is 0 Å². The Bertz CT molecular complexity index is 1080. The van der Waals surface area contributed by atoms with E-state index in [2.05, 4.69) is 62.7 Å². The predicted molar refractivity (Wildman–Crippen MR) is 146 cm³/mol. The lowest BCUT2D eigenvalue weighted by Gasteiger charge is -2.37. The molecule has 3 heterocycles. The van der Waals surface area contributed by atoms with E-state index in [0.717, 1.165) is 55.3 Å². The quantitative estimate of drug-likeness (QED) is 0.290. The van der Waals surface area contributed by atoms with Crippen LogP contribution in [0.1, 0.15) is 44.0 Å². The van der Waals surface area contributed by atoms with Crippen LogP contribution in [0.25, 0.3) is 22.3 Å². The second kappa shape index (κ2) is 14.1. The fourth-order valence-corrected chi connectivity index (χ4v) is 4.16. The number of carboxylic acids is 1. The summed E-state index contributed by atoms with van der Waals surface area (Å²) in [5.41, 5.74) is 6.70. The smallest absolute Gasteiger partial charge is 0.304 e. The van der Waals surface area contributed by atoms with Crippen LogP contribution in [0.4, 0.5) is 0 Å². The highest BCUT2D eigenvalue weighted by atomic mass is 35.5. The zero-order valence-electron chi connectivity index (χ0n) is 21.7. The number of H-pyrrole nitrogens is 2. The van der Waals surface area contributed by atoms with Gasteiger partial charge in [0.15, 0.2) is 0 Å². The van der Waals surface area contributed by atoms with E-state index in [4.69, 9.17) is 16.7 Å². The standard InChI is InChI=1S/C22H29N5O2.C3H5Cl.C2H6/c1-14(10-21(28)29)27-8-6-26(7-9-27)13-17-4-5-19-18(11-17)12-20(23-19)22-15(2)16(3)24-25-22;1-2-3-4;1-2/h4-5,11-12,14,23H,6-10,13H2,1-3H3,(H,24,25)(H,28,29);2H,1,3H2;1-2H3. The average Bonchev–Trinajstić information content (AvgIpc) is 3.42. The van der Waals surface area contributed by atoms with Crippen LogP contribution in [0, 0.1) is 13.8 Å². The number of allylic oxidation sites excluding steroid dienone is 1. The largest absolute Gasteiger partial charge is 0.481 e. The van der Waals surface area contributed by atoms with E-state index in [0.29, 0.717) is 5.88 Å². The number of alkyl halides is 1. The molecule has 0 bridgehead atoms. The van der Waals surface area contributed by atoms with Crippen molar-refractivity contribution in [1.82, 2.24) is 25.0 Å². The van der Waals surface area contributed by atoms with Gasteiger partial charge in [-0.05, 0) is 50.1 Å². The van der Waals surface area contributed by atoms with Crippen LogP contribution in [-0.4, -0.2) is 74.2 Å². The molecule has 35 heavy (non-hydrogen) atoms. The van der Waals surface area contributed by atoms with E-state index in [1.54, 1.807) is 6.08 Å². The number of fused-ring (bicyclic) bond motifs is 1. The molecule has 0 aliphatic carbocycles. The van der Waals surface area contributed by atoms with Crippen molar-refractivity contribution in [2.24, 2.45) is 0 Å². The Balaban J connectivity index is 0.000000655. The van der Waals surface area contributed by atoms with Gasteiger partial charge in [-0.3, -0.25) is 19.7 Å². The molecular formula is C27H40ClN5O2. The molecule has 1 aliphatic rings. The predicted octanol–water partition coefficient (Wildman–Crippen LogP) is 5.59. The monoisotopic (exact) mass is 501 g/mol. The number of hydrogen-bond donors (Lipinski definition) is 3. The van der Waals surface area contributed by atoms with E-state index in [1.165, 1.54) is 16.5 Å². The highest BCUT2D eigenvalue weighted by molar-refractivity contribution is 6.18. The first-order valence-electron chi connectivity index (χ1n) is 12.3. The van der Waals surface area contributed by atoms with Gasteiger partial charge in [0.05, 0.1) is 12.1 Å². The highest BCUT2D eigenvalue weighted by Crippen LogP contribution is 2.27. The lowest BCUT2D eigenvalue weighted by Crippen LogP contribution is -2.49. The molecule has 0 spiro atoms. The van der Waals surface area contributed by atoms with Crippen LogP contribution in [0.2, 0.25) is 0 Å². The molecule has 3 aromatic rings. The minimum Gasteiger partial charge on any atom is -0.481 e. The van der Waals surface area contributed by atoms with Gasteiger partial charge in [0.25, 0.3) is 0 Å². The fourth-order valence-electron chi connectivity index (χ4n) is 4.16.